The van der Waals surface area contributed by atoms with Crippen LogP contribution in [-0.4, -0.2) is 28.2 Å². The van der Waals surface area contributed by atoms with Crippen LogP contribution in [0.3, 0.4) is 0 Å². The number of aromatic hydroxyl groups is 1. The van der Waals surface area contributed by atoms with Crippen LogP contribution in [-0.2, 0) is 0 Å². The second-order valence-corrected chi connectivity index (χ2v) is 4.80. The van der Waals surface area contributed by atoms with Crippen molar-refractivity contribution in [1.82, 2.24) is 10.5 Å². The number of thiazole rings is 1. The molecule has 0 radical (unpaired) electrons. The van der Waals surface area contributed by atoms with Crippen molar-refractivity contribution in [2.45, 2.75) is 0 Å². The fraction of sp³-hybridized carbons (Fsp3) is 0.0909. The van der Waals surface area contributed by atoms with Crippen LogP contribution in [0.2, 0.25) is 5.02 Å². The Bertz CT molecular complexity index is 630. The lowest BCUT2D eigenvalue weighted by Gasteiger charge is -2.07. The van der Waals surface area contributed by atoms with Gasteiger partial charge in [0.05, 0.1) is 17.8 Å². The third kappa shape index (κ3) is 2.62. The predicted molar refractivity (Wildman–Crippen MR) is 72.5 cm³/mol. The van der Waals surface area contributed by atoms with Crippen molar-refractivity contribution in [2.24, 2.45) is 0 Å². The molecule has 2 aromatic rings. The SMILES string of the molecule is COc1cc(-c2csc(C(=N)NO)n2)cc(Cl)c1O. The van der Waals surface area contributed by atoms with Gasteiger partial charge in [0.25, 0.3) is 0 Å². The molecule has 0 aliphatic carbocycles. The number of nitrogens with one attached hydrogen (secondary N) is 2. The van der Waals surface area contributed by atoms with E-state index in [1.54, 1.807) is 23.0 Å². The first-order chi connectivity index (χ1) is 9.06. The molecule has 6 nitrogen and oxygen atoms in total. The van der Waals surface area contributed by atoms with Crippen molar-refractivity contribution >= 4 is 28.8 Å². The molecule has 4 N–H and O–H groups in total. The Labute approximate surface area is 117 Å². The molecule has 1 aromatic heterocycles. The molecular weight excluding hydrogens is 290 g/mol. The van der Waals surface area contributed by atoms with Crippen LogP contribution >= 0.6 is 22.9 Å². The van der Waals surface area contributed by atoms with Crippen molar-refractivity contribution in [3.05, 3.63) is 27.5 Å². The van der Waals surface area contributed by atoms with E-state index in [4.69, 9.17) is 27.0 Å². The molecule has 0 spiro atoms. The fourth-order valence-corrected chi connectivity index (χ4v) is 2.38. The van der Waals surface area contributed by atoms with E-state index in [2.05, 4.69) is 4.98 Å². The number of amidine groups is 1. The third-order valence-electron chi connectivity index (χ3n) is 2.37. The number of phenolic OH excluding ortho intramolecular Hbond substituents is 1. The number of phenols is 1. The van der Waals surface area contributed by atoms with Gasteiger partial charge in [-0.05, 0) is 12.1 Å². The summed E-state index contributed by atoms with van der Waals surface area (Å²) >= 11 is 7.09. The summed E-state index contributed by atoms with van der Waals surface area (Å²) in [5, 5.41) is 27.9. The molecule has 0 unspecified atom stereocenters. The van der Waals surface area contributed by atoms with Crippen LogP contribution in [0.1, 0.15) is 5.01 Å². The highest BCUT2D eigenvalue weighted by molar-refractivity contribution is 7.12. The molecule has 0 fully saturated rings. The maximum atomic E-state index is 9.65. The van der Waals surface area contributed by atoms with Gasteiger partial charge in [-0.15, -0.1) is 11.3 Å². The first kappa shape index (κ1) is 13.6. The summed E-state index contributed by atoms with van der Waals surface area (Å²) in [4.78, 5) is 4.17. The van der Waals surface area contributed by atoms with E-state index in [-0.39, 0.29) is 22.4 Å². The first-order valence-electron chi connectivity index (χ1n) is 5.08. The van der Waals surface area contributed by atoms with E-state index in [9.17, 15) is 5.11 Å². The van der Waals surface area contributed by atoms with Gasteiger partial charge >= 0.3 is 0 Å². The Morgan fingerprint density at radius 2 is 2.26 bits per heavy atom. The van der Waals surface area contributed by atoms with Gasteiger partial charge in [0.1, 0.15) is 0 Å². The minimum Gasteiger partial charge on any atom is -0.503 e. The maximum Gasteiger partial charge on any atom is 0.178 e. The Morgan fingerprint density at radius 3 is 2.89 bits per heavy atom. The van der Waals surface area contributed by atoms with Crippen molar-refractivity contribution < 1.29 is 15.1 Å². The molecule has 0 atom stereocenters. The van der Waals surface area contributed by atoms with E-state index in [1.807, 2.05) is 0 Å². The molecule has 19 heavy (non-hydrogen) atoms. The van der Waals surface area contributed by atoms with Crippen molar-refractivity contribution in [3.8, 4) is 22.8 Å². The molecular formula is C11H10ClN3O3S. The molecule has 1 heterocycles. The van der Waals surface area contributed by atoms with Crippen LogP contribution in [0.15, 0.2) is 17.5 Å². The van der Waals surface area contributed by atoms with Crippen LogP contribution in [0.4, 0.5) is 0 Å². The van der Waals surface area contributed by atoms with Crippen LogP contribution in [0.25, 0.3) is 11.3 Å². The number of rotatable bonds is 3. The van der Waals surface area contributed by atoms with Crippen molar-refractivity contribution in [1.29, 1.82) is 5.41 Å². The largest absolute Gasteiger partial charge is 0.503 e. The smallest absolute Gasteiger partial charge is 0.178 e. The zero-order chi connectivity index (χ0) is 14.0. The van der Waals surface area contributed by atoms with Gasteiger partial charge in [0, 0.05) is 10.9 Å². The zero-order valence-corrected chi connectivity index (χ0v) is 11.3. The second-order valence-electron chi connectivity index (χ2n) is 3.53. The van der Waals surface area contributed by atoms with E-state index < -0.39 is 0 Å². The van der Waals surface area contributed by atoms with E-state index in [0.29, 0.717) is 16.3 Å². The summed E-state index contributed by atoms with van der Waals surface area (Å²) in [5.41, 5.74) is 2.95. The maximum absolute atomic E-state index is 9.65. The fourth-order valence-electron chi connectivity index (χ4n) is 1.45. The van der Waals surface area contributed by atoms with E-state index >= 15 is 0 Å². The summed E-state index contributed by atoms with van der Waals surface area (Å²) in [7, 11) is 1.42. The molecule has 0 aliphatic rings. The molecule has 0 saturated heterocycles. The summed E-state index contributed by atoms with van der Waals surface area (Å²) in [6.07, 6.45) is 0. The molecule has 8 heteroatoms. The molecule has 0 amide bonds. The molecule has 1 aromatic carbocycles. The van der Waals surface area contributed by atoms with Gasteiger partial charge < -0.3 is 9.84 Å². The number of nitrogens with zero attached hydrogens (tertiary/aromatic N) is 1. The normalized spacial score (nSPS) is 10.3. The van der Waals surface area contributed by atoms with Crippen LogP contribution in [0.5, 0.6) is 11.5 Å². The number of ether oxygens (including phenoxy) is 1. The summed E-state index contributed by atoms with van der Waals surface area (Å²) in [6.45, 7) is 0. The number of methoxy groups -OCH3 is 1. The summed E-state index contributed by atoms with van der Waals surface area (Å²) in [5.74, 6) is -0.0753. The van der Waals surface area contributed by atoms with Crippen LogP contribution < -0.4 is 10.2 Å². The van der Waals surface area contributed by atoms with Gasteiger partial charge in [0.15, 0.2) is 22.3 Å². The van der Waals surface area contributed by atoms with Crippen molar-refractivity contribution in [3.63, 3.8) is 0 Å². The summed E-state index contributed by atoms with van der Waals surface area (Å²) < 4.78 is 5.01. The minimum atomic E-state index is -0.187. The number of benzene rings is 1. The monoisotopic (exact) mass is 299 g/mol. The highest BCUT2D eigenvalue weighted by atomic mass is 35.5. The number of hydroxylamine groups is 1. The lowest BCUT2D eigenvalue weighted by Crippen LogP contribution is -2.18. The quantitative estimate of drug-likeness (QED) is 0.396. The Hall–Kier alpha value is -1.83. The van der Waals surface area contributed by atoms with Gasteiger partial charge in [-0.2, -0.15) is 0 Å². The molecule has 0 aliphatic heterocycles. The van der Waals surface area contributed by atoms with Crippen LogP contribution in [0, 0.1) is 5.41 Å². The first-order valence-corrected chi connectivity index (χ1v) is 6.34. The van der Waals surface area contributed by atoms with Gasteiger partial charge in [0.2, 0.25) is 0 Å². The summed E-state index contributed by atoms with van der Waals surface area (Å²) in [6, 6.07) is 3.14. The Balaban J connectivity index is 2.44. The molecule has 2 rings (SSSR count). The lowest BCUT2D eigenvalue weighted by molar-refractivity contribution is 0.234. The van der Waals surface area contributed by atoms with Crippen molar-refractivity contribution in [2.75, 3.05) is 7.11 Å². The highest BCUT2D eigenvalue weighted by Crippen LogP contribution is 2.38. The van der Waals surface area contributed by atoms with E-state index in [0.717, 1.165) is 0 Å². The number of hydrogen-bond acceptors (Lipinski definition) is 6. The Morgan fingerprint density at radius 1 is 1.53 bits per heavy atom. The average molecular weight is 300 g/mol. The number of aromatic nitrogens is 1. The number of hydrogen-bond donors (Lipinski definition) is 4. The Kier molecular flexibility index (Phi) is 3.89. The molecule has 0 bridgehead atoms. The minimum absolute atomic E-state index is 0.131. The predicted octanol–water partition coefficient (Wildman–Crippen LogP) is 2.48. The highest BCUT2D eigenvalue weighted by Gasteiger charge is 2.13. The molecule has 100 valence electrons. The molecule has 0 saturated carbocycles. The second kappa shape index (κ2) is 5.43. The topological polar surface area (TPSA) is 98.5 Å². The standard InChI is InChI=1S/C11H10ClN3O3S/c1-18-8-3-5(2-6(12)9(8)16)7-4-19-11(14-7)10(13)15-17/h2-4,16-17H,1H3,(H2,13,15). The van der Waals surface area contributed by atoms with Gasteiger partial charge in [-0.3, -0.25) is 16.1 Å². The van der Waals surface area contributed by atoms with E-state index in [1.165, 1.54) is 18.4 Å². The number of halogens is 1. The van der Waals surface area contributed by atoms with Gasteiger partial charge in [-0.1, -0.05) is 11.6 Å². The lowest BCUT2D eigenvalue weighted by atomic mass is 10.1. The zero-order valence-electron chi connectivity index (χ0n) is 9.77. The van der Waals surface area contributed by atoms with Gasteiger partial charge in [-0.25, -0.2) is 4.98 Å². The third-order valence-corrected chi connectivity index (χ3v) is 3.52. The average Bonchev–Trinajstić information content (AvgIpc) is 2.90.